The maximum absolute atomic E-state index is 12.2. The van der Waals surface area contributed by atoms with Crippen LogP contribution in [-0.2, 0) is 17.4 Å². The minimum atomic E-state index is -4.33. The lowest BCUT2D eigenvalue weighted by Gasteiger charge is -2.07. The van der Waals surface area contributed by atoms with Crippen molar-refractivity contribution in [1.29, 1.82) is 0 Å². The number of hydrogen-bond acceptors (Lipinski definition) is 1. The van der Waals surface area contributed by atoms with Crippen LogP contribution >= 0.6 is 0 Å². The molecule has 74 valence electrons. The van der Waals surface area contributed by atoms with Crippen molar-refractivity contribution in [2.75, 3.05) is 0 Å². The molecule has 0 fully saturated rings. The number of hydrogen-bond donors (Lipinski definition) is 0. The van der Waals surface area contributed by atoms with Gasteiger partial charge in [-0.3, -0.25) is 0 Å². The molecule has 4 heteroatoms. The summed E-state index contributed by atoms with van der Waals surface area (Å²) in [5.74, 6) is 1.52. The fourth-order valence-electron chi connectivity index (χ4n) is 1.03. The first-order valence-electron chi connectivity index (χ1n) is 3.89. The summed E-state index contributed by atoms with van der Waals surface area (Å²) in [6.07, 6.45) is -3.01. The molecular formula is C10H7F3O. The Morgan fingerprint density at radius 2 is 2.07 bits per heavy atom. The van der Waals surface area contributed by atoms with Crippen molar-refractivity contribution >= 4 is 5.94 Å². The van der Waals surface area contributed by atoms with E-state index in [2.05, 4.69) is 0 Å². The van der Waals surface area contributed by atoms with Crippen molar-refractivity contribution in [3.8, 4) is 0 Å². The molecule has 0 aliphatic heterocycles. The zero-order valence-corrected chi connectivity index (χ0v) is 7.14. The third kappa shape index (κ3) is 2.75. The van der Waals surface area contributed by atoms with Gasteiger partial charge in [-0.25, -0.2) is 4.79 Å². The molecule has 0 spiro atoms. The number of carbonyl (C=O) groups excluding carboxylic acids is 1. The molecule has 0 aromatic heterocycles. The molecule has 1 aromatic rings. The second-order valence-corrected chi connectivity index (χ2v) is 2.72. The van der Waals surface area contributed by atoms with Crippen molar-refractivity contribution < 1.29 is 18.0 Å². The molecule has 1 nitrogen and oxygen atoms in total. The van der Waals surface area contributed by atoms with E-state index in [-0.39, 0.29) is 6.42 Å². The molecule has 14 heavy (non-hydrogen) atoms. The smallest absolute Gasteiger partial charge is 0.234 e. The van der Waals surface area contributed by atoms with Crippen LogP contribution in [0.1, 0.15) is 11.1 Å². The van der Waals surface area contributed by atoms with E-state index in [0.29, 0.717) is 5.56 Å². The van der Waals surface area contributed by atoms with Gasteiger partial charge in [-0.15, -0.1) is 0 Å². The van der Waals surface area contributed by atoms with Crippen LogP contribution in [0.5, 0.6) is 0 Å². The van der Waals surface area contributed by atoms with Crippen molar-refractivity contribution in [3.63, 3.8) is 0 Å². The summed E-state index contributed by atoms with van der Waals surface area (Å²) in [5, 5.41) is 0. The molecule has 0 bridgehead atoms. The van der Waals surface area contributed by atoms with Gasteiger partial charge in [0.05, 0.1) is 5.56 Å². The van der Waals surface area contributed by atoms with Gasteiger partial charge in [-0.1, -0.05) is 18.2 Å². The number of halogens is 3. The van der Waals surface area contributed by atoms with Gasteiger partial charge in [0.2, 0.25) is 0 Å². The van der Waals surface area contributed by atoms with Crippen LogP contribution in [0.2, 0.25) is 0 Å². The standard InChI is InChI=1S/C10H7F3O/c11-10(12,13)9-5-1-3-8(7-9)4-2-6-14/h1-3,5,7H,4H2. The Bertz CT molecular complexity index is 362. The average Bonchev–Trinajstić information content (AvgIpc) is 2.14. The Morgan fingerprint density at radius 1 is 1.36 bits per heavy atom. The quantitative estimate of drug-likeness (QED) is 0.670. The van der Waals surface area contributed by atoms with Crippen molar-refractivity contribution in [2.24, 2.45) is 0 Å². The topological polar surface area (TPSA) is 17.1 Å². The predicted molar refractivity (Wildman–Crippen MR) is 45.4 cm³/mol. The van der Waals surface area contributed by atoms with Crippen LogP contribution in [-0.4, -0.2) is 5.94 Å². The van der Waals surface area contributed by atoms with Gasteiger partial charge in [0.15, 0.2) is 0 Å². The molecule has 0 saturated heterocycles. The fourth-order valence-corrected chi connectivity index (χ4v) is 1.03. The third-order valence-electron chi connectivity index (χ3n) is 1.68. The first-order chi connectivity index (χ1) is 6.54. The lowest BCUT2D eigenvalue weighted by Crippen LogP contribution is -2.04. The maximum Gasteiger partial charge on any atom is 0.416 e. The fraction of sp³-hybridized carbons (Fsp3) is 0.200. The lowest BCUT2D eigenvalue weighted by atomic mass is 10.1. The summed E-state index contributed by atoms with van der Waals surface area (Å²) in [5.41, 5.74) is -0.252. The van der Waals surface area contributed by atoms with E-state index in [1.807, 2.05) is 0 Å². The minimum absolute atomic E-state index is 0.174. The molecule has 1 aromatic carbocycles. The molecule has 0 aliphatic carbocycles. The van der Waals surface area contributed by atoms with E-state index < -0.39 is 11.7 Å². The summed E-state index contributed by atoms with van der Waals surface area (Å²) in [6, 6.07) is 4.86. The Kier molecular flexibility index (Phi) is 3.10. The van der Waals surface area contributed by atoms with E-state index in [0.717, 1.165) is 18.2 Å². The van der Waals surface area contributed by atoms with Gasteiger partial charge in [0.1, 0.15) is 5.94 Å². The van der Waals surface area contributed by atoms with E-state index >= 15 is 0 Å². The van der Waals surface area contributed by atoms with Gasteiger partial charge in [-0.05, 0) is 11.6 Å². The van der Waals surface area contributed by atoms with Gasteiger partial charge < -0.3 is 0 Å². The van der Waals surface area contributed by atoms with E-state index in [9.17, 15) is 18.0 Å². The van der Waals surface area contributed by atoms with E-state index in [4.69, 9.17) is 0 Å². The van der Waals surface area contributed by atoms with Gasteiger partial charge in [-0.2, -0.15) is 13.2 Å². The summed E-state index contributed by atoms with van der Waals surface area (Å²) >= 11 is 0. The number of allylic oxidation sites excluding steroid dienone is 1. The molecule has 0 N–H and O–H groups in total. The lowest BCUT2D eigenvalue weighted by molar-refractivity contribution is -0.137. The van der Waals surface area contributed by atoms with E-state index in [1.165, 1.54) is 18.1 Å². The maximum atomic E-state index is 12.2. The Balaban J connectivity index is 2.95. The largest absolute Gasteiger partial charge is 0.416 e. The minimum Gasteiger partial charge on any atom is -0.234 e. The highest BCUT2D eigenvalue weighted by atomic mass is 19.4. The van der Waals surface area contributed by atoms with Crippen LogP contribution in [0, 0.1) is 0 Å². The van der Waals surface area contributed by atoms with Crippen molar-refractivity contribution in [2.45, 2.75) is 12.6 Å². The number of alkyl halides is 3. The SMILES string of the molecule is O=C=CCc1cccc(C(F)(F)F)c1. The second-order valence-electron chi connectivity index (χ2n) is 2.72. The Morgan fingerprint density at radius 3 is 2.64 bits per heavy atom. The molecule has 1 rings (SSSR count). The molecule has 0 aliphatic rings. The van der Waals surface area contributed by atoms with Crippen LogP contribution in [0.15, 0.2) is 30.3 Å². The zero-order chi connectivity index (χ0) is 10.6. The third-order valence-corrected chi connectivity index (χ3v) is 1.68. The summed E-state index contributed by atoms with van der Waals surface area (Å²) in [4.78, 5) is 9.86. The van der Waals surface area contributed by atoms with Crippen molar-refractivity contribution in [1.82, 2.24) is 0 Å². The van der Waals surface area contributed by atoms with Crippen LogP contribution in [0.3, 0.4) is 0 Å². The number of rotatable bonds is 2. The summed E-state index contributed by atoms with van der Waals surface area (Å²) in [7, 11) is 0. The van der Waals surface area contributed by atoms with Crippen molar-refractivity contribution in [3.05, 3.63) is 41.5 Å². The first-order valence-corrected chi connectivity index (χ1v) is 3.89. The molecule has 0 saturated carbocycles. The van der Waals surface area contributed by atoms with Crippen LogP contribution in [0.4, 0.5) is 13.2 Å². The van der Waals surface area contributed by atoms with Gasteiger partial charge >= 0.3 is 6.18 Å². The number of benzene rings is 1. The molecule has 0 atom stereocenters. The highest BCUT2D eigenvalue weighted by Gasteiger charge is 2.30. The molecule has 0 amide bonds. The molecular weight excluding hydrogens is 193 g/mol. The Labute approximate surface area is 78.9 Å². The highest BCUT2D eigenvalue weighted by molar-refractivity contribution is 5.46. The Hall–Kier alpha value is -1.54. The normalized spacial score (nSPS) is 10.8. The second kappa shape index (κ2) is 4.11. The summed E-state index contributed by atoms with van der Waals surface area (Å²) < 4.78 is 36.6. The van der Waals surface area contributed by atoms with Crippen LogP contribution < -0.4 is 0 Å². The summed E-state index contributed by atoms with van der Waals surface area (Å²) in [6.45, 7) is 0. The first kappa shape index (κ1) is 10.5. The van der Waals surface area contributed by atoms with E-state index in [1.54, 1.807) is 0 Å². The molecule has 0 unspecified atom stereocenters. The molecule has 0 heterocycles. The monoisotopic (exact) mass is 200 g/mol. The zero-order valence-electron chi connectivity index (χ0n) is 7.14. The predicted octanol–water partition coefficient (Wildman–Crippen LogP) is 2.64. The molecule has 0 radical (unpaired) electrons. The van der Waals surface area contributed by atoms with Crippen LogP contribution in [0.25, 0.3) is 0 Å². The highest BCUT2D eigenvalue weighted by Crippen LogP contribution is 2.29. The van der Waals surface area contributed by atoms with Gasteiger partial charge in [0, 0.05) is 12.5 Å². The van der Waals surface area contributed by atoms with Gasteiger partial charge in [0.25, 0.3) is 0 Å². The average molecular weight is 200 g/mol.